The van der Waals surface area contributed by atoms with E-state index in [4.69, 9.17) is 16.3 Å². The third-order valence-electron chi connectivity index (χ3n) is 3.12. The highest BCUT2D eigenvalue weighted by atomic mass is 35.5. The highest BCUT2D eigenvalue weighted by molar-refractivity contribution is 6.31. The van der Waals surface area contributed by atoms with Crippen LogP contribution in [0.25, 0.3) is 22.3 Å². The fourth-order valence-corrected chi connectivity index (χ4v) is 2.37. The van der Waals surface area contributed by atoms with Crippen molar-refractivity contribution in [2.24, 2.45) is 7.05 Å². The predicted molar refractivity (Wildman–Crippen MR) is 78.0 cm³/mol. The number of aromatic nitrogens is 4. The van der Waals surface area contributed by atoms with Gasteiger partial charge in [0.05, 0.1) is 24.4 Å². The molecule has 0 saturated heterocycles. The van der Waals surface area contributed by atoms with Gasteiger partial charge in [-0.1, -0.05) is 11.6 Å². The van der Waals surface area contributed by atoms with Crippen LogP contribution in [0.1, 0.15) is 5.82 Å². The summed E-state index contributed by atoms with van der Waals surface area (Å²) >= 11 is 6.10. The van der Waals surface area contributed by atoms with Gasteiger partial charge in [-0.25, -0.2) is 9.97 Å². The lowest BCUT2D eigenvalue weighted by atomic mass is 10.1. The fourth-order valence-electron chi connectivity index (χ4n) is 2.20. The third kappa shape index (κ3) is 2.00. The third-order valence-corrected chi connectivity index (χ3v) is 3.36. The Morgan fingerprint density at radius 3 is 2.80 bits per heavy atom. The van der Waals surface area contributed by atoms with E-state index in [0.717, 1.165) is 28.0 Å². The van der Waals surface area contributed by atoms with Gasteiger partial charge in [-0.3, -0.25) is 4.68 Å². The molecule has 2 heterocycles. The summed E-state index contributed by atoms with van der Waals surface area (Å²) in [4.78, 5) is 8.95. The maximum atomic E-state index is 6.10. The van der Waals surface area contributed by atoms with Crippen LogP contribution < -0.4 is 4.74 Å². The van der Waals surface area contributed by atoms with Crippen molar-refractivity contribution in [3.8, 4) is 17.0 Å². The Bertz CT molecular complexity index is 797. The molecule has 0 spiro atoms. The van der Waals surface area contributed by atoms with Crippen LogP contribution in [-0.4, -0.2) is 26.9 Å². The SMILES string of the molecule is COc1ccc(Cl)cc1-c1nc(C)nc2c1cnn2C. The maximum Gasteiger partial charge on any atom is 0.161 e. The largest absolute Gasteiger partial charge is 0.496 e. The van der Waals surface area contributed by atoms with Gasteiger partial charge in [0.1, 0.15) is 11.6 Å². The summed E-state index contributed by atoms with van der Waals surface area (Å²) in [6.45, 7) is 1.85. The first-order valence-corrected chi connectivity index (χ1v) is 6.48. The Hall–Kier alpha value is -2.14. The molecule has 102 valence electrons. The number of methoxy groups -OCH3 is 1. The van der Waals surface area contributed by atoms with Crippen molar-refractivity contribution in [3.05, 3.63) is 35.2 Å². The predicted octanol–water partition coefficient (Wildman–Crippen LogP) is 3.00. The number of benzene rings is 1. The number of hydrogen-bond donors (Lipinski definition) is 0. The maximum absolute atomic E-state index is 6.10. The summed E-state index contributed by atoms with van der Waals surface area (Å²) in [7, 11) is 3.48. The summed E-state index contributed by atoms with van der Waals surface area (Å²) in [6.07, 6.45) is 1.75. The molecule has 0 aliphatic carbocycles. The van der Waals surface area contributed by atoms with Crippen molar-refractivity contribution in [2.45, 2.75) is 6.92 Å². The van der Waals surface area contributed by atoms with Crippen molar-refractivity contribution in [1.82, 2.24) is 19.7 Å². The van der Waals surface area contributed by atoms with E-state index in [-0.39, 0.29) is 0 Å². The molecule has 3 rings (SSSR count). The van der Waals surface area contributed by atoms with E-state index in [9.17, 15) is 0 Å². The lowest BCUT2D eigenvalue weighted by molar-refractivity contribution is 0.416. The first-order chi connectivity index (χ1) is 9.60. The number of hydrogen-bond acceptors (Lipinski definition) is 4. The zero-order valence-corrected chi connectivity index (χ0v) is 12.1. The second-order valence-electron chi connectivity index (χ2n) is 4.47. The van der Waals surface area contributed by atoms with E-state index < -0.39 is 0 Å². The molecular weight excluding hydrogens is 276 g/mol. The number of ether oxygens (including phenoxy) is 1. The summed E-state index contributed by atoms with van der Waals surface area (Å²) in [5.41, 5.74) is 2.40. The van der Waals surface area contributed by atoms with Crippen molar-refractivity contribution in [2.75, 3.05) is 7.11 Å². The zero-order chi connectivity index (χ0) is 14.3. The van der Waals surface area contributed by atoms with Crippen LogP contribution in [0.2, 0.25) is 5.02 Å². The van der Waals surface area contributed by atoms with Crippen LogP contribution in [-0.2, 0) is 7.05 Å². The molecule has 2 aromatic heterocycles. The van der Waals surface area contributed by atoms with Crippen LogP contribution in [0.5, 0.6) is 5.75 Å². The number of nitrogens with zero attached hydrogens (tertiary/aromatic N) is 4. The van der Waals surface area contributed by atoms with E-state index >= 15 is 0 Å². The summed E-state index contributed by atoms with van der Waals surface area (Å²) in [6, 6.07) is 5.46. The number of fused-ring (bicyclic) bond motifs is 1. The molecule has 0 fully saturated rings. The fraction of sp³-hybridized carbons (Fsp3) is 0.214. The van der Waals surface area contributed by atoms with Crippen molar-refractivity contribution < 1.29 is 4.74 Å². The molecule has 0 amide bonds. The minimum Gasteiger partial charge on any atom is -0.496 e. The molecule has 0 saturated carbocycles. The molecule has 1 aromatic carbocycles. The van der Waals surface area contributed by atoms with E-state index in [1.54, 1.807) is 24.1 Å². The first kappa shape index (κ1) is 12.9. The Kier molecular flexibility index (Phi) is 3.06. The topological polar surface area (TPSA) is 52.8 Å². The van der Waals surface area contributed by atoms with E-state index in [0.29, 0.717) is 10.8 Å². The second-order valence-corrected chi connectivity index (χ2v) is 4.91. The molecule has 0 atom stereocenters. The molecule has 0 bridgehead atoms. The highest BCUT2D eigenvalue weighted by Gasteiger charge is 2.15. The summed E-state index contributed by atoms with van der Waals surface area (Å²) in [5, 5.41) is 5.75. The lowest BCUT2D eigenvalue weighted by Gasteiger charge is -2.10. The second kappa shape index (κ2) is 4.76. The number of aryl methyl sites for hydroxylation is 2. The van der Waals surface area contributed by atoms with Crippen LogP contribution in [0, 0.1) is 6.92 Å². The number of halogens is 1. The van der Waals surface area contributed by atoms with Gasteiger partial charge in [-0.15, -0.1) is 0 Å². The van der Waals surface area contributed by atoms with Gasteiger partial charge < -0.3 is 4.74 Å². The number of rotatable bonds is 2. The molecule has 6 heteroatoms. The monoisotopic (exact) mass is 288 g/mol. The van der Waals surface area contributed by atoms with Gasteiger partial charge in [0.2, 0.25) is 0 Å². The molecule has 0 unspecified atom stereocenters. The van der Waals surface area contributed by atoms with Crippen molar-refractivity contribution >= 4 is 22.6 Å². The van der Waals surface area contributed by atoms with Crippen LogP contribution in [0.15, 0.2) is 24.4 Å². The molecule has 0 N–H and O–H groups in total. The van der Waals surface area contributed by atoms with Crippen LogP contribution >= 0.6 is 11.6 Å². The Morgan fingerprint density at radius 2 is 2.05 bits per heavy atom. The Balaban J connectivity index is 2.37. The minimum atomic E-state index is 0.633. The average molecular weight is 289 g/mol. The molecule has 3 aromatic rings. The molecule has 0 aliphatic heterocycles. The van der Waals surface area contributed by atoms with Gasteiger partial charge >= 0.3 is 0 Å². The Morgan fingerprint density at radius 1 is 1.25 bits per heavy atom. The molecule has 0 aliphatic rings. The van der Waals surface area contributed by atoms with Gasteiger partial charge in [0.25, 0.3) is 0 Å². The minimum absolute atomic E-state index is 0.633. The van der Waals surface area contributed by atoms with Gasteiger partial charge in [0, 0.05) is 17.6 Å². The normalized spacial score (nSPS) is 11.0. The lowest BCUT2D eigenvalue weighted by Crippen LogP contribution is -1.98. The molecular formula is C14H13ClN4O. The van der Waals surface area contributed by atoms with Crippen LogP contribution in [0.3, 0.4) is 0 Å². The summed E-state index contributed by atoms with van der Waals surface area (Å²) in [5.74, 6) is 1.40. The molecule has 5 nitrogen and oxygen atoms in total. The standard InChI is InChI=1S/C14H13ClN4O/c1-8-17-13(11-7-16-19(2)14(11)18-8)10-6-9(15)4-5-12(10)20-3/h4-7H,1-3H3. The molecule has 20 heavy (non-hydrogen) atoms. The van der Waals surface area contributed by atoms with Gasteiger partial charge in [-0.05, 0) is 25.1 Å². The van der Waals surface area contributed by atoms with Gasteiger partial charge in [0.15, 0.2) is 5.65 Å². The van der Waals surface area contributed by atoms with E-state index in [1.807, 2.05) is 26.1 Å². The smallest absolute Gasteiger partial charge is 0.161 e. The van der Waals surface area contributed by atoms with Crippen molar-refractivity contribution in [3.63, 3.8) is 0 Å². The highest BCUT2D eigenvalue weighted by Crippen LogP contribution is 2.34. The quantitative estimate of drug-likeness (QED) is 0.727. The summed E-state index contributed by atoms with van der Waals surface area (Å²) < 4.78 is 7.13. The molecule has 0 radical (unpaired) electrons. The Labute approximate surface area is 121 Å². The first-order valence-electron chi connectivity index (χ1n) is 6.10. The average Bonchev–Trinajstić information content (AvgIpc) is 2.79. The van der Waals surface area contributed by atoms with E-state index in [1.165, 1.54) is 0 Å². The van der Waals surface area contributed by atoms with Crippen molar-refractivity contribution in [1.29, 1.82) is 0 Å². The van der Waals surface area contributed by atoms with Crippen LogP contribution in [0.4, 0.5) is 0 Å². The van der Waals surface area contributed by atoms with Gasteiger partial charge in [-0.2, -0.15) is 5.10 Å². The van der Waals surface area contributed by atoms with E-state index in [2.05, 4.69) is 15.1 Å². The zero-order valence-electron chi connectivity index (χ0n) is 11.4.